The van der Waals surface area contributed by atoms with Crippen molar-refractivity contribution in [3.8, 4) is 0 Å². The molecular formula is C14H14F2Si. The standard InChI is InChI=1S/C14H14F2Si/c1-17(2,13-9-5-3-7-11(13)15)14-10-6-4-8-12(14)16/h3-10H,1-2H3. The molecule has 0 aliphatic heterocycles. The van der Waals surface area contributed by atoms with Crippen LogP contribution in [0.5, 0.6) is 0 Å². The summed E-state index contributed by atoms with van der Waals surface area (Å²) in [5, 5.41) is 1.29. The lowest BCUT2D eigenvalue weighted by Crippen LogP contribution is -2.55. The summed E-state index contributed by atoms with van der Waals surface area (Å²) < 4.78 is 27.6. The van der Waals surface area contributed by atoms with Crippen LogP contribution in [0.4, 0.5) is 8.78 Å². The number of rotatable bonds is 2. The predicted octanol–water partition coefficient (Wildman–Crippen LogP) is 2.79. The monoisotopic (exact) mass is 248 g/mol. The number of halogens is 2. The topological polar surface area (TPSA) is 0 Å². The van der Waals surface area contributed by atoms with Crippen molar-refractivity contribution in [3.05, 3.63) is 60.2 Å². The first-order chi connectivity index (χ1) is 8.03. The van der Waals surface area contributed by atoms with Crippen molar-refractivity contribution in [2.24, 2.45) is 0 Å². The van der Waals surface area contributed by atoms with Gasteiger partial charge in [-0.2, -0.15) is 0 Å². The molecule has 0 aliphatic carbocycles. The SMILES string of the molecule is C[Si](C)(c1ccccc1F)c1ccccc1F. The Morgan fingerprint density at radius 2 is 1.06 bits per heavy atom. The minimum Gasteiger partial charge on any atom is -0.207 e. The van der Waals surface area contributed by atoms with E-state index in [4.69, 9.17) is 0 Å². The molecule has 0 saturated heterocycles. The Bertz CT molecular complexity index is 488. The van der Waals surface area contributed by atoms with E-state index in [1.165, 1.54) is 12.1 Å². The molecule has 2 aromatic rings. The zero-order valence-electron chi connectivity index (χ0n) is 9.87. The summed E-state index contributed by atoms with van der Waals surface area (Å²) in [6, 6.07) is 13.3. The van der Waals surface area contributed by atoms with E-state index in [1.807, 2.05) is 13.1 Å². The van der Waals surface area contributed by atoms with Gasteiger partial charge in [-0.25, -0.2) is 8.78 Å². The molecule has 0 radical (unpaired) electrons. The molecule has 0 atom stereocenters. The van der Waals surface area contributed by atoms with E-state index < -0.39 is 8.07 Å². The molecule has 0 heterocycles. The van der Waals surface area contributed by atoms with Crippen LogP contribution < -0.4 is 10.4 Å². The number of benzene rings is 2. The first kappa shape index (κ1) is 12.0. The third kappa shape index (κ3) is 2.15. The molecule has 0 fully saturated rings. The van der Waals surface area contributed by atoms with E-state index in [1.54, 1.807) is 36.4 Å². The minimum absolute atomic E-state index is 0.243. The Labute approximate surface area is 101 Å². The van der Waals surface area contributed by atoms with Crippen molar-refractivity contribution in [1.82, 2.24) is 0 Å². The van der Waals surface area contributed by atoms with Crippen molar-refractivity contribution in [1.29, 1.82) is 0 Å². The summed E-state index contributed by atoms with van der Waals surface area (Å²) in [4.78, 5) is 0. The molecule has 0 spiro atoms. The van der Waals surface area contributed by atoms with Gasteiger partial charge in [0, 0.05) is 0 Å². The van der Waals surface area contributed by atoms with Gasteiger partial charge in [0.2, 0.25) is 0 Å². The van der Waals surface area contributed by atoms with E-state index in [-0.39, 0.29) is 11.6 Å². The summed E-state index contributed by atoms with van der Waals surface area (Å²) in [6.45, 7) is 3.92. The normalized spacial score (nSPS) is 11.5. The molecule has 2 rings (SSSR count). The lowest BCUT2D eigenvalue weighted by Gasteiger charge is -2.24. The second kappa shape index (κ2) is 4.41. The van der Waals surface area contributed by atoms with Gasteiger partial charge in [-0.3, -0.25) is 0 Å². The smallest absolute Gasteiger partial charge is 0.122 e. The van der Waals surface area contributed by atoms with Crippen molar-refractivity contribution < 1.29 is 8.78 Å². The van der Waals surface area contributed by atoms with Gasteiger partial charge in [0.15, 0.2) is 0 Å². The minimum atomic E-state index is -2.29. The highest BCUT2D eigenvalue weighted by atomic mass is 28.3. The maximum absolute atomic E-state index is 13.8. The second-order valence-corrected chi connectivity index (χ2v) is 8.91. The Kier molecular flexibility index (Phi) is 3.11. The first-order valence-electron chi connectivity index (χ1n) is 5.53. The van der Waals surface area contributed by atoms with E-state index in [0.29, 0.717) is 10.4 Å². The molecule has 0 aliphatic rings. The fourth-order valence-corrected chi connectivity index (χ4v) is 4.76. The van der Waals surface area contributed by atoms with Gasteiger partial charge in [0.05, 0.1) is 0 Å². The van der Waals surface area contributed by atoms with Gasteiger partial charge in [-0.05, 0) is 22.5 Å². The first-order valence-corrected chi connectivity index (χ1v) is 8.53. The van der Waals surface area contributed by atoms with Gasteiger partial charge in [0.1, 0.15) is 19.7 Å². The van der Waals surface area contributed by atoms with Crippen LogP contribution in [0, 0.1) is 11.6 Å². The van der Waals surface area contributed by atoms with Gasteiger partial charge < -0.3 is 0 Å². The molecule has 0 unspecified atom stereocenters. The molecule has 0 N–H and O–H groups in total. The fraction of sp³-hybridized carbons (Fsp3) is 0.143. The molecular weight excluding hydrogens is 234 g/mol. The van der Waals surface area contributed by atoms with E-state index in [9.17, 15) is 8.78 Å². The van der Waals surface area contributed by atoms with Crippen LogP contribution in [-0.2, 0) is 0 Å². The molecule has 0 saturated carbocycles. The van der Waals surface area contributed by atoms with Crippen LogP contribution in [0.3, 0.4) is 0 Å². The van der Waals surface area contributed by atoms with Crippen LogP contribution in [0.15, 0.2) is 48.5 Å². The molecule has 0 amide bonds. The molecule has 0 aromatic heterocycles. The van der Waals surface area contributed by atoms with Crippen molar-refractivity contribution in [2.75, 3.05) is 0 Å². The van der Waals surface area contributed by atoms with Crippen LogP contribution in [0.1, 0.15) is 0 Å². The Hall–Kier alpha value is -1.48. The van der Waals surface area contributed by atoms with Crippen LogP contribution in [-0.4, -0.2) is 8.07 Å². The van der Waals surface area contributed by atoms with Gasteiger partial charge in [0.25, 0.3) is 0 Å². The predicted molar refractivity (Wildman–Crippen MR) is 69.6 cm³/mol. The maximum Gasteiger partial charge on any atom is 0.122 e. The maximum atomic E-state index is 13.8. The Morgan fingerprint density at radius 3 is 1.41 bits per heavy atom. The van der Waals surface area contributed by atoms with Gasteiger partial charge >= 0.3 is 0 Å². The zero-order chi connectivity index (χ0) is 12.5. The van der Waals surface area contributed by atoms with E-state index in [0.717, 1.165) is 0 Å². The van der Waals surface area contributed by atoms with E-state index in [2.05, 4.69) is 0 Å². The average molecular weight is 248 g/mol. The molecule has 0 nitrogen and oxygen atoms in total. The average Bonchev–Trinajstić information content (AvgIpc) is 2.29. The van der Waals surface area contributed by atoms with Crippen LogP contribution in [0.2, 0.25) is 13.1 Å². The highest BCUT2D eigenvalue weighted by Crippen LogP contribution is 2.09. The van der Waals surface area contributed by atoms with Crippen LogP contribution >= 0.6 is 0 Å². The highest BCUT2D eigenvalue weighted by molar-refractivity contribution is 7.00. The van der Waals surface area contributed by atoms with Crippen LogP contribution in [0.25, 0.3) is 0 Å². The number of hydrogen-bond acceptors (Lipinski definition) is 0. The quantitative estimate of drug-likeness (QED) is 0.717. The highest BCUT2D eigenvalue weighted by Gasteiger charge is 2.30. The summed E-state index contributed by atoms with van der Waals surface area (Å²) >= 11 is 0. The lowest BCUT2D eigenvalue weighted by atomic mass is 10.3. The summed E-state index contributed by atoms with van der Waals surface area (Å²) in [5.41, 5.74) is 0. The van der Waals surface area contributed by atoms with Crippen molar-refractivity contribution in [3.63, 3.8) is 0 Å². The van der Waals surface area contributed by atoms with Gasteiger partial charge in [-0.15, -0.1) is 0 Å². The van der Waals surface area contributed by atoms with Crippen molar-refractivity contribution in [2.45, 2.75) is 13.1 Å². The lowest BCUT2D eigenvalue weighted by molar-refractivity contribution is 0.632. The van der Waals surface area contributed by atoms with Crippen molar-refractivity contribution >= 4 is 18.4 Å². The molecule has 3 heteroatoms. The summed E-state index contributed by atoms with van der Waals surface area (Å²) in [5.74, 6) is -0.486. The van der Waals surface area contributed by atoms with Gasteiger partial charge in [-0.1, -0.05) is 49.5 Å². The van der Waals surface area contributed by atoms with E-state index >= 15 is 0 Å². The summed E-state index contributed by atoms with van der Waals surface area (Å²) in [7, 11) is -2.29. The molecule has 17 heavy (non-hydrogen) atoms. The Balaban J connectivity index is 2.58. The molecule has 0 bridgehead atoms. The fourth-order valence-electron chi connectivity index (χ4n) is 2.08. The summed E-state index contributed by atoms with van der Waals surface area (Å²) in [6.07, 6.45) is 0. The Morgan fingerprint density at radius 1 is 0.706 bits per heavy atom. The third-order valence-corrected chi connectivity index (χ3v) is 6.60. The second-order valence-electron chi connectivity index (χ2n) is 4.58. The number of hydrogen-bond donors (Lipinski definition) is 0. The zero-order valence-corrected chi connectivity index (χ0v) is 10.9. The third-order valence-electron chi connectivity index (χ3n) is 3.09. The molecule has 2 aromatic carbocycles. The molecule has 88 valence electrons. The largest absolute Gasteiger partial charge is 0.207 e.